The van der Waals surface area contributed by atoms with Gasteiger partial charge in [0.1, 0.15) is 17.2 Å². The summed E-state index contributed by atoms with van der Waals surface area (Å²) >= 11 is 0. The van der Waals surface area contributed by atoms with E-state index in [1.54, 1.807) is 55.6 Å². The predicted octanol–water partition coefficient (Wildman–Crippen LogP) is 2.71. The molecule has 0 atom stereocenters. The lowest BCUT2D eigenvalue weighted by Gasteiger charge is -2.29. The molecule has 4 rings (SSSR count). The van der Waals surface area contributed by atoms with Gasteiger partial charge in [-0.15, -0.1) is 0 Å². The summed E-state index contributed by atoms with van der Waals surface area (Å²) in [4.78, 5) is 30.2. The van der Waals surface area contributed by atoms with E-state index in [1.165, 1.54) is 4.90 Å². The van der Waals surface area contributed by atoms with Gasteiger partial charge in [0, 0.05) is 19.2 Å². The van der Waals surface area contributed by atoms with Gasteiger partial charge in [0.05, 0.1) is 38.2 Å². The van der Waals surface area contributed by atoms with E-state index >= 15 is 0 Å². The van der Waals surface area contributed by atoms with Gasteiger partial charge in [0.25, 0.3) is 11.8 Å². The molecule has 0 saturated carbocycles. The molecule has 0 aliphatic carbocycles. The highest BCUT2D eigenvalue weighted by atomic mass is 16.5. The second kappa shape index (κ2) is 8.59. The van der Waals surface area contributed by atoms with Gasteiger partial charge in [-0.05, 0) is 36.8 Å². The monoisotopic (exact) mass is 408 g/mol. The Morgan fingerprint density at radius 2 is 1.70 bits per heavy atom. The smallest absolute Gasteiger partial charge is 0.282 e. The zero-order valence-corrected chi connectivity index (χ0v) is 17.1. The lowest BCUT2D eigenvalue weighted by Crippen LogP contribution is -2.40. The van der Waals surface area contributed by atoms with Crippen molar-refractivity contribution in [1.82, 2.24) is 4.90 Å². The summed E-state index contributed by atoms with van der Waals surface area (Å²) in [7, 11) is 1.59. The zero-order chi connectivity index (χ0) is 21.1. The maximum atomic E-state index is 13.5. The van der Waals surface area contributed by atoms with Crippen molar-refractivity contribution < 1.29 is 23.8 Å². The first kappa shape index (κ1) is 20.0. The number of morpholine rings is 1. The third-order valence-electron chi connectivity index (χ3n) is 5.15. The van der Waals surface area contributed by atoms with E-state index in [0.717, 1.165) is 0 Å². The Hall–Kier alpha value is -3.32. The summed E-state index contributed by atoms with van der Waals surface area (Å²) in [5.74, 6) is 0.619. The summed E-state index contributed by atoms with van der Waals surface area (Å²) in [6.45, 7) is 4.53. The summed E-state index contributed by atoms with van der Waals surface area (Å²) in [6.07, 6.45) is 0. The van der Waals surface area contributed by atoms with Crippen molar-refractivity contribution >= 4 is 23.1 Å². The van der Waals surface area contributed by atoms with E-state index in [1.807, 2.05) is 11.8 Å². The standard InChI is InChI=1S/C23H24N2O5/c1-3-30-19-6-4-5-17(15-19)25-22(26)20(16-7-9-18(28-2)10-8-16)21(23(25)27)24-11-13-29-14-12-24/h4-10,15H,3,11-14H2,1-2H3. The van der Waals surface area contributed by atoms with Crippen LogP contribution in [0.1, 0.15) is 12.5 Å². The largest absolute Gasteiger partial charge is 0.497 e. The number of ether oxygens (including phenoxy) is 3. The van der Waals surface area contributed by atoms with Gasteiger partial charge in [-0.25, -0.2) is 4.90 Å². The maximum Gasteiger partial charge on any atom is 0.282 e. The fourth-order valence-electron chi connectivity index (χ4n) is 3.73. The molecule has 1 fully saturated rings. The van der Waals surface area contributed by atoms with Crippen LogP contribution >= 0.6 is 0 Å². The second-order valence-corrected chi connectivity index (χ2v) is 6.93. The van der Waals surface area contributed by atoms with E-state index in [4.69, 9.17) is 14.2 Å². The molecule has 156 valence electrons. The molecule has 7 nitrogen and oxygen atoms in total. The Kier molecular flexibility index (Phi) is 5.72. The SMILES string of the molecule is CCOc1cccc(N2C(=O)C(c3ccc(OC)cc3)=C(N3CCOCC3)C2=O)c1. The number of rotatable bonds is 6. The van der Waals surface area contributed by atoms with Crippen LogP contribution in [-0.2, 0) is 14.3 Å². The Balaban J connectivity index is 1.78. The predicted molar refractivity (Wildman–Crippen MR) is 112 cm³/mol. The molecule has 7 heteroatoms. The highest BCUT2D eigenvalue weighted by molar-refractivity contribution is 6.45. The van der Waals surface area contributed by atoms with Crippen molar-refractivity contribution in [3.8, 4) is 11.5 Å². The van der Waals surface area contributed by atoms with Crippen molar-refractivity contribution in [3.05, 3.63) is 59.8 Å². The van der Waals surface area contributed by atoms with Gasteiger partial charge in [0.2, 0.25) is 0 Å². The number of amides is 2. The van der Waals surface area contributed by atoms with E-state index < -0.39 is 0 Å². The lowest BCUT2D eigenvalue weighted by molar-refractivity contribution is -0.121. The average Bonchev–Trinajstić information content (AvgIpc) is 3.05. The first-order chi connectivity index (χ1) is 14.6. The molecule has 2 aliphatic heterocycles. The van der Waals surface area contributed by atoms with Gasteiger partial charge >= 0.3 is 0 Å². The number of hydrogen-bond donors (Lipinski definition) is 0. The molecule has 0 N–H and O–H groups in total. The number of benzene rings is 2. The quantitative estimate of drug-likeness (QED) is 0.685. The molecular formula is C23H24N2O5. The first-order valence-corrected chi connectivity index (χ1v) is 9.97. The molecule has 2 heterocycles. The highest BCUT2D eigenvalue weighted by Crippen LogP contribution is 2.36. The number of anilines is 1. The molecular weight excluding hydrogens is 384 g/mol. The highest BCUT2D eigenvalue weighted by Gasteiger charge is 2.42. The van der Waals surface area contributed by atoms with E-state index in [9.17, 15) is 9.59 Å². The number of hydrogen-bond acceptors (Lipinski definition) is 6. The van der Waals surface area contributed by atoms with Crippen LogP contribution in [0.5, 0.6) is 11.5 Å². The topological polar surface area (TPSA) is 68.3 Å². The molecule has 2 aromatic rings. The minimum Gasteiger partial charge on any atom is -0.497 e. The normalized spacial score (nSPS) is 17.0. The fourth-order valence-corrected chi connectivity index (χ4v) is 3.73. The van der Waals surface area contributed by atoms with Crippen molar-refractivity contribution in [2.45, 2.75) is 6.92 Å². The minimum absolute atomic E-state index is 0.332. The first-order valence-electron chi connectivity index (χ1n) is 9.97. The summed E-state index contributed by atoms with van der Waals surface area (Å²) in [5, 5.41) is 0. The molecule has 30 heavy (non-hydrogen) atoms. The Labute approximate surface area is 175 Å². The summed E-state index contributed by atoms with van der Waals surface area (Å²) in [6, 6.07) is 14.2. The number of carbonyl (C=O) groups is 2. The van der Waals surface area contributed by atoms with Crippen molar-refractivity contribution in [2.24, 2.45) is 0 Å². The van der Waals surface area contributed by atoms with Crippen LogP contribution < -0.4 is 14.4 Å². The van der Waals surface area contributed by atoms with Crippen LogP contribution in [-0.4, -0.2) is 56.7 Å². The van der Waals surface area contributed by atoms with Crippen LogP contribution in [0.3, 0.4) is 0 Å². The van der Waals surface area contributed by atoms with E-state index in [0.29, 0.717) is 66.9 Å². The third kappa shape index (κ3) is 3.64. The molecule has 2 amide bonds. The fraction of sp³-hybridized carbons (Fsp3) is 0.304. The third-order valence-corrected chi connectivity index (χ3v) is 5.15. The van der Waals surface area contributed by atoms with Crippen LogP contribution in [0.2, 0.25) is 0 Å². The van der Waals surface area contributed by atoms with Crippen LogP contribution in [0.4, 0.5) is 5.69 Å². The second-order valence-electron chi connectivity index (χ2n) is 6.93. The molecule has 2 aromatic carbocycles. The molecule has 0 unspecified atom stereocenters. The maximum absolute atomic E-state index is 13.5. The molecule has 0 spiro atoms. The van der Waals surface area contributed by atoms with Gasteiger partial charge in [-0.3, -0.25) is 9.59 Å². The molecule has 0 bridgehead atoms. The van der Waals surface area contributed by atoms with Crippen molar-refractivity contribution in [2.75, 3.05) is 44.9 Å². The van der Waals surface area contributed by atoms with E-state index in [-0.39, 0.29) is 11.8 Å². The van der Waals surface area contributed by atoms with Crippen molar-refractivity contribution in [3.63, 3.8) is 0 Å². The number of nitrogens with zero attached hydrogens (tertiary/aromatic N) is 2. The van der Waals surface area contributed by atoms with Crippen molar-refractivity contribution in [1.29, 1.82) is 0 Å². The van der Waals surface area contributed by atoms with Gasteiger partial charge in [-0.1, -0.05) is 18.2 Å². The number of carbonyl (C=O) groups excluding carboxylic acids is 2. The van der Waals surface area contributed by atoms with Gasteiger partial charge in [0.15, 0.2) is 0 Å². The van der Waals surface area contributed by atoms with Gasteiger partial charge in [-0.2, -0.15) is 0 Å². The Morgan fingerprint density at radius 1 is 0.967 bits per heavy atom. The number of methoxy groups -OCH3 is 1. The molecule has 2 aliphatic rings. The summed E-state index contributed by atoms with van der Waals surface area (Å²) in [5.41, 5.74) is 1.98. The van der Waals surface area contributed by atoms with Gasteiger partial charge < -0.3 is 19.1 Å². The molecule has 1 saturated heterocycles. The minimum atomic E-state index is -0.347. The van der Waals surface area contributed by atoms with Crippen LogP contribution in [0.25, 0.3) is 5.57 Å². The number of imide groups is 1. The molecule has 0 radical (unpaired) electrons. The average molecular weight is 408 g/mol. The van der Waals surface area contributed by atoms with Crippen LogP contribution in [0, 0.1) is 0 Å². The van der Waals surface area contributed by atoms with E-state index in [2.05, 4.69) is 0 Å². The lowest BCUT2D eigenvalue weighted by atomic mass is 10.0. The van der Waals surface area contributed by atoms with Crippen LogP contribution in [0.15, 0.2) is 54.2 Å². The zero-order valence-electron chi connectivity index (χ0n) is 17.1. The Morgan fingerprint density at radius 3 is 2.37 bits per heavy atom. The Bertz CT molecular complexity index is 977. The molecule has 0 aromatic heterocycles. The summed E-state index contributed by atoms with van der Waals surface area (Å²) < 4.78 is 16.2.